The Hall–Kier alpha value is -2.02. The van der Waals surface area contributed by atoms with Gasteiger partial charge in [0.15, 0.2) is 5.82 Å². The van der Waals surface area contributed by atoms with Gasteiger partial charge < -0.3 is 10.6 Å². The average molecular weight is 269 g/mol. The van der Waals surface area contributed by atoms with Crippen LogP contribution in [0.2, 0.25) is 0 Å². The zero-order chi connectivity index (χ0) is 14.6. The van der Waals surface area contributed by atoms with Crippen molar-refractivity contribution in [1.82, 2.24) is 5.32 Å². The van der Waals surface area contributed by atoms with Gasteiger partial charge in [-0.1, -0.05) is 0 Å². The van der Waals surface area contributed by atoms with Gasteiger partial charge in [-0.3, -0.25) is 14.9 Å². The molecule has 19 heavy (non-hydrogen) atoms. The van der Waals surface area contributed by atoms with E-state index < -0.39 is 16.6 Å². The van der Waals surface area contributed by atoms with Crippen LogP contribution < -0.4 is 10.6 Å². The van der Waals surface area contributed by atoms with Crippen LogP contribution in [0.3, 0.4) is 0 Å². The molecule has 0 spiro atoms. The molecule has 1 aromatic rings. The Bertz CT molecular complexity index is 497. The van der Waals surface area contributed by atoms with Crippen molar-refractivity contribution in [2.45, 2.75) is 26.3 Å². The van der Waals surface area contributed by atoms with Gasteiger partial charge in [0.1, 0.15) is 0 Å². The Labute approximate surface area is 110 Å². The minimum absolute atomic E-state index is 0.0277. The lowest BCUT2D eigenvalue weighted by atomic mass is 10.1. The van der Waals surface area contributed by atoms with Gasteiger partial charge in [0.2, 0.25) is 5.91 Å². The van der Waals surface area contributed by atoms with Crippen molar-refractivity contribution < 1.29 is 14.1 Å². The molecule has 7 heteroatoms. The van der Waals surface area contributed by atoms with E-state index in [9.17, 15) is 19.3 Å². The van der Waals surface area contributed by atoms with Crippen LogP contribution in [0.1, 0.15) is 20.8 Å². The summed E-state index contributed by atoms with van der Waals surface area (Å²) in [6, 6.07) is 3.07. The molecule has 0 aliphatic heterocycles. The number of nitrogens with zero attached hydrogens (tertiary/aromatic N) is 1. The third kappa shape index (κ3) is 5.01. The minimum atomic E-state index is -0.835. The lowest BCUT2D eigenvalue weighted by molar-refractivity contribution is -0.385. The van der Waals surface area contributed by atoms with Gasteiger partial charge in [0, 0.05) is 11.6 Å². The van der Waals surface area contributed by atoms with Crippen molar-refractivity contribution >= 4 is 17.3 Å². The second-order valence-corrected chi connectivity index (χ2v) is 5.07. The molecule has 0 unspecified atom stereocenters. The number of nitrogens with one attached hydrogen (secondary N) is 2. The lowest BCUT2D eigenvalue weighted by Gasteiger charge is -2.20. The SMILES string of the molecule is CC(C)(C)NCC(=O)Nc1ccc([N+](=O)[O-])cc1F. The fourth-order valence-corrected chi connectivity index (χ4v) is 1.26. The third-order valence-corrected chi connectivity index (χ3v) is 2.22. The molecule has 1 amide bonds. The molecule has 1 aromatic carbocycles. The number of nitro benzene ring substituents is 1. The summed E-state index contributed by atoms with van der Waals surface area (Å²) >= 11 is 0. The summed E-state index contributed by atoms with van der Waals surface area (Å²) in [5.41, 5.74) is -0.666. The van der Waals surface area contributed by atoms with E-state index in [0.29, 0.717) is 0 Å². The monoisotopic (exact) mass is 269 g/mol. The minimum Gasteiger partial charge on any atom is -0.322 e. The summed E-state index contributed by atoms with van der Waals surface area (Å²) in [5, 5.41) is 15.7. The fourth-order valence-electron chi connectivity index (χ4n) is 1.26. The summed E-state index contributed by atoms with van der Waals surface area (Å²) in [5.74, 6) is -1.25. The van der Waals surface area contributed by atoms with E-state index >= 15 is 0 Å². The van der Waals surface area contributed by atoms with Crippen molar-refractivity contribution in [3.8, 4) is 0 Å². The number of amides is 1. The number of rotatable bonds is 4. The quantitative estimate of drug-likeness (QED) is 0.647. The largest absolute Gasteiger partial charge is 0.322 e. The van der Waals surface area contributed by atoms with E-state index in [4.69, 9.17) is 0 Å². The molecule has 6 nitrogen and oxygen atoms in total. The maximum Gasteiger partial charge on any atom is 0.272 e. The Kier molecular flexibility index (Phi) is 4.55. The molecule has 2 N–H and O–H groups in total. The van der Waals surface area contributed by atoms with Gasteiger partial charge >= 0.3 is 0 Å². The molecule has 0 radical (unpaired) electrons. The van der Waals surface area contributed by atoms with Crippen molar-refractivity contribution in [3.05, 3.63) is 34.1 Å². The van der Waals surface area contributed by atoms with Crippen LogP contribution in [0, 0.1) is 15.9 Å². The molecule has 0 heterocycles. The van der Waals surface area contributed by atoms with Crippen LogP contribution in [-0.4, -0.2) is 22.9 Å². The van der Waals surface area contributed by atoms with E-state index in [-0.39, 0.29) is 23.5 Å². The summed E-state index contributed by atoms with van der Waals surface area (Å²) < 4.78 is 13.5. The number of hydrogen-bond acceptors (Lipinski definition) is 4. The van der Waals surface area contributed by atoms with Gasteiger partial charge in [0.05, 0.1) is 23.2 Å². The smallest absolute Gasteiger partial charge is 0.272 e. The highest BCUT2D eigenvalue weighted by Gasteiger charge is 2.14. The molecule has 0 aliphatic carbocycles. The van der Waals surface area contributed by atoms with Crippen molar-refractivity contribution in [2.75, 3.05) is 11.9 Å². The van der Waals surface area contributed by atoms with E-state index in [1.807, 2.05) is 20.8 Å². The first-order valence-corrected chi connectivity index (χ1v) is 5.68. The Morgan fingerprint density at radius 3 is 2.53 bits per heavy atom. The highest BCUT2D eigenvalue weighted by molar-refractivity contribution is 5.92. The molecule has 104 valence electrons. The predicted octanol–water partition coefficient (Wildman–Crippen LogP) is 2.06. The van der Waals surface area contributed by atoms with Crippen LogP contribution in [-0.2, 0) is 4.79 Å². The van der Waals surface area contributed by atoms with E-state index in [0.717, 1.165) is 12.1 Å². The number of non-ortho nitro benzene ring substituents is 1. The summed E-state index contributed by atoms with van der Waals surface area (Å²) in [7, 11) is 0. The average Bonchev–Trinajstić information content (AvgIpc) is 2.28. The number of carbonyl (C=O) groups excluding carboxylic acids is 1. The fraction of sp³-hybridized carbons (Fsp3) is 0.417. The van der Waals surface area contributed by atoms with Gasteiger partial charge in [-0.2, -0.15) is 0 Å². The van der Waals surface area contributed by atoms with Gasteiger partial charge in [-0.05, 0) is 26.8 Å². The van der Waals surface area contributed by atoms with Crippen LogP contribution in [0.15, 0.2) is 18.2 Å². The van der Waals surface area contributed by atoms with Gasteiger partial charge in [-0.15, -0.1) is 0 Å². The van der Waals surface area contributed by atoms with Crippen molar-refractivity contribution in [1.29, 1.82) is 0 Å². The zero-order valence-electron chi connectivity index (χ0n) is 11.0. The molecular formula is C12H16FN3O3. The number of nitro groups is 1. The predicted molar refractivity (Wildman–Crippen MR) is 69.4 cm³/mol. The molecule has 0 aliphatic rings. The van der Waals surface area contributed by atoms with Crippen molar-refractivity contribution in [2.24, 2.45) is 0 Å². The zero-order valence-corrected chi connectivity index (χ0v) is 11.0. The van der Waals surface area contributed by atoms with Gasteiger partial charge in [-0.25, -0.2) is 4.39 Å². The lowest BCUT2D eigenvalue weighted by Crippen LogP contribution is -2.41. The molecule has 0 fully saturated rings. The first kappa shape index (κ1) is 15.0. The molecule has 0 saturated carbocycles. The third-order valence-electron chi connectivity index (χ3n) is 2.22. The highest BCUT2D eigenvalue weighted by Crippen LogP contribution is 2.20. The maximum atomic E-state index is 13.5. The Morgan fingerprint density at radius 1 is 1.42 bits per heavy atom. The van der Waals surface area contributed by atoms with Crippen molar-refractivity contribution in [3.63, 3.8) is 0 Å². The van der Waals surface area contributed by atoms with E-state index in [1.54, 1.807) is 0 Å². The first-order chi connectivity index (χ1) is 8.69. The second kappa shape index (κ2) is 5.75. The summed E-state index contributed by atoms with van der Waals surface area (Å²) in [6.07, 6.45) is 0. The number of anilines is 1. The number of halogens is 1. The Morgan fingerprint density at radius 2 is 2.05 bits per heavy atom. The maximum absolute atomic E-state index is 13.5. The van der Waals surface area contributed by atoms with Crippen LogP contribution >= 0.6 is 0 Å². The molecular weight excluding hydrogens is 253 g/mol. The second-order valence-electron chi connectivity index (χ2n) is 5.07. The standard InChI is InChI=1S/C12H16FN3O3/c1-12(2,3)14-7-11(17)15-10-5-4-8(16(18)19)6-9(10)13/h4-6,14H,7H2,1-3H3,(H,15,17). The molecule has 0 atom stereocenters. The summed E-state index contributed by atoms with van der Waals surface area (Å²) in [6.45, 7) is 5.71. The number of benzene rings is 1. The van der Waals surface area contributed by atoms with Gasteiger partial charge in [0.25, 0.3) is 5.69 Å². The number of carbonyl (C=O) groups is 1. The first-order valence-electron chi connectivity index (χ1n) is 5.68. The number of hydrogen-bond donors (Lipinski definition) is 2. The molecule has 0 aromatic heterocycles. The molecule has 1 rings (SSSR count). The summed E-state index contributed by atoms with van der Waals surface area (Å²) in [4.78, 5) is 21.3. The van der Waals surface area contributed by atoms with Crippen LogP contribution in [0.4, 0.5) is 15.8 Å². The molecule has 0 saturated heterocycles. The highest BCUT2D eigenvalue weighted by atomic mass is 19.1. The van der Waals surface area contributed by atoms with Crippen LogP contribution in [0.5, 0.6) is 0 Å². The Balaban J connectivity index is 2.67. The normalized spacial score (nSPS) is 11.2. The van der Waals surface area contributed by atoms with E-state index in [2.05, 4.69) is 10.6 Å². The molecule has 0 bridgehead atoms. The topological polar surface area (TPSA) is 84.3 Å². The van der Waals surface area contributed by atoms with Crippen LogP contribution in [0.25, 0.3) is 0 Å². The van der Waals surface area contributed by atoms with E-state index in [1.165, 1.54) is 6.07 Å².